The van der Waals surface area contributed by atoms with Crippen LogP contribution >= 0.6 is 0 Å². The Morgan fingerprint density at radius 1 is 1.05 bits per heavy atom. The molecule has 0 aliphatic rings. The molecule has 0 fully saturated rings. The van der Waals surface area contributed by atoms with Crippen molar-refractivity contribution in [1.82, 2.24) is 0 Å². The van der Waals surface area contributed by atoms with Gasteiger partial charge in [0.1, 0.15) is 0 Å². The van der Waals surface area contributed by atoms with Gasteiger partial charge in [0.05, 0.1) is 10.8 Å². The van der Waals surface area contributed by atoms with Crippen molar-refractivity contribution in [3.63, 3.8) is 0 Å². The average molecular weight is 288 g/mol. The van der Waals surface area contributed by atoms with Crippen molar-refractivity contribution >= 4 is 21.6 Å². The number of aryl methyl sites for hydroxylation is 1. The SMILES string of the molecule is CCCCc1c(S(=O)C(C)(C)C)ccc2ccccc12. The van der Waals surface area contributed by atoms with E-state index in [1.165, 1.54) is 16.3 Å². The zero-order chi connectivity index (χ0) is 14.8. The second-order valence-electron chi connectivity index (χ2n) is 6.25. The maximum absolute atomic E-state index is 12.8. The van der Waals surface area contributed by atoms with Gasteiger partial charge >= 0.3 is 0 Å². The minimum absolute atomic E-state index is 0.219. The molecule has 2 aromatic carbocycles. The summed E-state index contributed by atoms with van der Waals surface area (Å²) in [7, 11) is -0.972. The van der Waals surface area contributed by atoms with Gasteiger partial charge in [-0.25, -0.2) is 0 Å². The third kappa shape index (κ3) is 3.12. The van der Waals surface area contributed by atoms with Crippen LogP contribution in [0.25, 0.3) is 10.8 Å². The third-order valence-electron chi connectivity index (χ3n) is 3.53. The van der Waals surface area contributed by atoms with Gasteiger partial charge in [-0.2, -0.15) is 0 Å². The lowest BCUT2D eigenvalue weighted by molar-refractivity contribution is 0.647. The number of hydrogen-bond donors (Lipinski definition) is 0. The first kappa shape index (κ1) is 15.2. The van der Waals surface area contributed by atoms with Crippen molar-refractivity contribution in [3.05, 3.63) is 42.0 Å². The zero-order valence-electron chi connectivity index (χ0n) is 12.9. The van der Waals surface area contributed by atoms with E-state index in [0.29, 0.717) is 0 Å². The topological polar surface area (TPSA) is 17.1 Å². The van der Waals surface area contributed by atoms with E-state index in [0.717, 1.165) is 24.2 Å². The van der Waals surface area contributed by atoms with E-state index < -0.39 is 10.8 Å². The van der Waals surface area contributed by atoms with E-state index in [1.807, 2.05) is 20.8 Å². The van der Waals surface area contributed by atoms with E-state index in [2.05, 4.69) is 43.3 Å². The Kier molecular flexibility index (Phi) is 4.64. The van der Waals surface area contributed by atoms with Crippen LogP contribution in [0.2, 0.25) is 0 Å². The molecule has 1 nitrogen and oxygen atoms in total. The second-order valence-corrected chi connectivity index (χ2v) is 8.45. The Morgan fingerprint density at radius 2 is 1.75 bits per heavy atom. The molecule has 20 heavy (non-hydrogen) atoms. The van der Waals surface area contributed by atoms with Crippen LogP contribution in [0.3, 0.4) is 0 Å². The molecule has 2 rings (SSSR count). The molecule has 0 N–H and O–H groups in total. The third-order valence-corrected chi connectivity index (χ3v) is 5.43. The lowest BCUT2D eigenvalue weighted by Crippen LogP contribution is -2.22. The number of fused-ring (bicyclic) bond motifs is 1. The molecular formula is C18H24OS. The zero-order valence-corrected chi connectivity index (χ0v) is 13.7. The number of hydrogen-bond acceptors (Lipinski definition) is 1. The van der Waals surface area contributed by atoms with Gasteiger partial charge in [-0.15, -0.1) is 0 Å². The van der Waals surface area contributed by atoms with Crippen molar-refractivity contribution in [1.29, 1.82) is 0 Å². The van der Waals surface area contributed by atoms with Crippen molar-refractivity contribution in [3.8, 4) is 0 Å². The molecule has 0 saturated carbocycles. The quantitative estimate of drug-likeness (QED) is 0.766. The highest BCUT2D eigenvalue weighted by atomic mass is 32.2. The smallest absolute Gasteiger partial charge is 0.0586 e. The van der Waals surface area contributed by atoms with Gasteiger partial charge in [0.15, 0.2) is 0 Å². The highest BCUT2D eigenvalue weighted by molar-refractivity contribution is 7.86. The number of unbranched alkanes of at least 4 members (excludes halogenated alkanes) is 1. The summed E-state index contributed by atoms with van der Waals surface area (Å²) < 4.78 is 12.6. The molecule has 0 aliphatic carbocycles. The summed E-state index contributed by atoms with van der Waals surface area (Å²) in [5, 5.41) is 2.50. The summed E-state index contributed by atoms with van der Waals surface area (Å²) in [4.78, 5) is 1.02. The van der Waals surface area contributed by atoms with Gasteiger partial charge in [0.2, 0.25) is 0 Å². The average Bonchev–Trinajstić information content (AvgIpc) is 2.42. The molecule has 0 radical (unpaired) electrons. The molecule has 0 saturated heterocycles. The minimum Gasteiger partial charge on any atom is -0.254 e. The summed E-state index contributed by atoms with van der Waals surface area (Å²) in [6, 6.07) is 12.6. The van der Waals surface area contributed by atoms with Crippen LogP contribution in [0, 0.1) is 0 Å². The predicted octanol–water partition coefficient (Wildman–Crippen LogP) is 5.09. The largest absolute Gasteiger partial charge is 0.254 e. The van der Waals surface area contributed by atoms with Gasteiger partial charge in [-0.05, 0) is 56.0 Å². The molecule has 108 valence electrons. The number of benzene rings is 2. The van der Waals surface area contributed by atoms with E-state index in [1.54, 1.807) is 0 Å². The van der Waals surface area contributed by atoms with Crippen molar-refractivity contribution < 1.29 is 4.21 Å². The van der Waals surface area contributed by atoms with Crippen LogP contribution in [-0.2, 0) is 17.2 Å². The first-order valence-corrected chi connectivity index (χ1v) is 8.52. The van der Waals surface area contributed by atoms with Crippen LogP contribution in [0.5, 0.6) is 0 Å². The fourth-order valence-corrected chi connectivity index (χ4v) is 3.72. The Hall–Kier alpha value is -1.15. The first-order valence-electron chi connectivity index (χ1n) is 7.37. The maximum atomic E-state index is 12.8. The van der Waals surface area contributed by atoms with Crippen molar-refractivity contribution in [2.24, 2.45) is 0 Å². The maximum Gasteiger partial charge on any atom is 0.0586 e. The van der Waals surface area contributed by atoms with Crippen LogP contribution in [0.1, 0.15) is 46.1 Å². The van der Waals surface area contributed by atoms with Crippen LogP contribution in [-0.4, -0.2) is 8.96 Å². The monoisotopic (exact) mass is 288 g/mol. The van der Waals surface area contributed by atoms with Gasteiger partial charge in [0.25, 0.3) is 0 Å². The molecular weight excluding hydrogens is 264 g/mol. The molecule has 0 amide bonds. The Labute approximate surface area is 124 Å². The van der Waals surface area contributed by atoms with E-state index in [-0.39, 0.29) is 4.75 Å². The van der Waals surface area contributed by atoms with Crippen LogP contribution in [0.15, 0.2) is 41.3 Å². The standard InChI is InChI=1S/C18H24OS/c1-5-6-10-16-15-11-8-7-9-14(15)12-13-17(16)20(19)18(2,3)4/h7-9,11-13H,5-6,10H2,1-4H3. The lowest BCUT2D eigenvalue weighted by atomic mass is 10.0. The second kappa shape index (κ2) is 6.09. The van der Waals surface area contributed by atoms with Crippen molar-refractivity contribution in [2.45, 2.75) is 56.6 Å². The van der Waals surface area contributed by atoms with E-state index >= 15 is 0 Å². The van der Waals surface area contributed by atoms with Gasteiger partial charge in [-0.1, -0.05) is 43.7 Å². The van der Waals surface area contributed by atoms with Gasteiger partial charge in [-0.3, -0.25) is 4.21 Å². The molecule has 0 heterocycles. The molecule has 2 heteroatoms. The summed E-state index contributed by atoms with van der Waals surface area (Å²) in [5.41, 5.74) is 1.28. The normalized spacial score (nSPS) is 13.6. The minimum atomic E-state index is -0.972. The molecule has 2 aromatic rings. The lowest BCUT2D eigenvalue weighted by Gasteiger charge is -2.21. The Balaban J connectivity index is 2.61. The highest BCUT2D eigenvalue weighted by Gasteiger charge is 2.24. The molecule has 0 spiro atoms. The van der Waals surface area contributed by atoms with Gasteiger partial charge < -0.3 is 0 Å². The summed E-state index contributed by atoms with van der Waals surface area (Å²) in [6.45, 7) is 8.33. The van der Waals surface area contributed by atoms with Crippen LogP contribution in [0.4, 0.5) is 0 Å². The fraction of sp³-hybridized carbons (Fsp3) is 0.444. The highest BCUT2D eigenvalue weighted by Crippen LogP contribution is 2.30. The number of rotatable bonds is 4. The fourth-order valence-electron chi connectivity index (χ4n) is 2.43. The molecule has 0 aliphatic heterocycles. The van der Waals surface area contributed by atoms with Gasteiger partial charge in [0, 0.05) is 9.64 Å². The Morgan fingerprint density at radius 3 is 2.40 bits per heavy atom. The first-order chi connectivity index (χ1) is 9.45. The summed E-state index contributed by atoms with van der Waals surface area (Å²) >= 11 is 0. The summed E-state index contributed by atoms with van der Waals surface area (Å²) in [5.74, 6) is 0. The molecule has 0 aromatic heterocycles. The van der Waals surface area contributed by atoms with E-state index in [4.69, 9.17) is 0 Å². The van der Waals surface area contributed by atoms with Crippen LogP contribution < -0.4 is 0 Å². The molecule has 1 unspecified atom stereocenters. The molecule has 0 bridgehead atoms. The molecule has 1 atom stereocenters. The van der Waals surface area contributed by atoms with E-state index in [9.17, 15) is 4.21 Å². The predicted molar refractivity (Wildman–Crippen MR) is 88.7 cm³/mol. The van der Waals surface area contributed by atoms with Crippen molar-refractivity contribution in [2.75, 3.05) is 0 Å². The summed E-state index contributed by atoms with van der Waals surface area (Å²) in [6.07, 6.45) is 3.31. The Bertz CT molecular complexity index is 623.